The maximum Gasteiger partial charge on any atom is 0.573 e. The van der Waals surface area contributed by atoms with Crippen LogP contribution in [0.2, 0.25) is 0 Å². The molecule has 1 heterocycles. The molecular weight excluding hydrogens is 315 g/mol. The van der Waals surface area contributed by atoms with Crippen LogP contribution in [0.1, 0.15) is 30.1 Å². The Hall–Kier alpha value is -2.25. The predicted molar refractivity (Wildman–Crippen MR) is 74.0 cm³/mol. The first kappa shape index (κ1) is 17.1. The molecule has 0 aromatic heterocycles. The quantitative estimate of drug-likeness (QED) is 0.925. The van der Waals surface area contributed by atoms with E-state index < -0.39 is 30.0 Å². The average molecular weight is 331 g/mol. The Morgan fingerprint density at radius 3 is 2.65 bits per heavy atom. The smallest absolute Gasteiger partial charge is 0.480 e. The number of benzene rings is 1. The fourth-order valence-electron chi connectivity index (χ4n) is 2.61. The van der Waals surface area contributed by atoms with Crippen LogP contribution in [0.5, 0.6) is 5.75 Å². The molecule has 0 saturated carbocycles. The Morgan fingerprint density at radius 1 is 1.35 bits per heavy atom. The van der Waals surface area contributed by atoms with Crippen molar-refractivity contribution in [1.29, 1.82) is 0 Å². The Bertz CT molecular complexity index is 603. The van der Waals surface area contributed by atoms with Crippen LogP contribution >= 0.6 is 0 Å². The zero-order valence-electron chi connectivity index (χ0n) is 12.3. The predicted octanol–water partition coefficient (Wildman–Crippen LogP) is 2.91. The highest BCUT2D eigenvalue weighted by Gasteiger charge is 2.36. The summed E-state index contributed by atoms with van der Waals surface area (Å²) in [5.41, 5.74) is -0.0347. The number of aliphatic carboxylic acids is 1. The lowest BCUT2D eigenvalue weighted by atomic mass is 9.92. The van der Waals surface area contributed by atoms with Crippen LogP contribution in [0.4, 0.5) is 13.2 Å². The van der Waals surface area contributed by atoms with Gasteiger partial charge in [-0.15, -0.1) is 13.2 Å². The topological polar surface area (TPSA) is 66.8 Å². The van der Waals surface area contributed by atoms with E-state index in [0.717, 1.165) is 12.1 Å². The molecule has 2 rings (SSSR count). The molecule has 5 nitrogen and oxygen atoms in total. The van der Waals surface area contributed by atoms with Gasteiger partial charge in [-0.1, -0.05) is 13.0 Å². The van der Waals surface area contributed by atoms with E-state index in [-0.39, 0.29) is 18.0 Å². The summed E-state index contributed by atoms with van der Waals surface area (Å²) in [5.74, 6) is -2.08. The second kappa shape index (κ2) is 6.47. The summed E-state index contributed by atoms with van der Waals surface area (Å²) in [6, 6.07) is 3.67. The Morgan fingerprint density at radius 2 is 2.04 bits per heavy atom. The number of likely N-dealkylation sites (tertiary alicyclic amines) is 1. The number of rotatable bonds is 3. The molecule has 1 aromatic rings. The molecule has 126 valence electrons. The molecule has 1 aliphatic heterocycles. The van der Waals surface area contributed by atoms with E-state index in [0.29, 0.717) is 12.8 Å². The van der Waals surface area contributed by atoms with Crippen LogP contribution in [0, 0.1) is 5.92 Å². The molecule has 2 atom stereocenters. The minimum absolute atomic E-state index is 0.0347. The van der Waals surface area contributed by atoms with Crippen molar-refractivity contribution in [2.24, 2.45) is 5.92 Å². The van der Waals surface area contributed by atoms with Gasteiger partial charge in [0.2, 0.25) is 0 Å². The first-order chi connectivity index (χ1) is 10.7. The number of alkyl halides is 3. The molecule has 1 aliphatic rings. The van der Waals surface area contributed by atoms with Gasteiger partial charge in [0.05, 0.1) is 0 Å². The van der Waals surface area contributed by atoms with E-state index in [2.05, 4.69) is 4.74 Å². The third kappa shape index (κ3) is 4.37. The number of hydrogen-bond donors (Lipinski definition) is 1. The molecule has 1 saturated heterocycles. The lowest BCUT2D eigenvalue weighted by molar-refractivity contribution is -0.274. The number of halogens is 3. The lowest BCUT2D eigenvalue weighted by Gasteiger charge is -2.36. The number of carboxylic acid groups (broad SMARTS) is 1. The number of ether oxygens (including phenoxy) is 1. The van der Waals surface area contributed by atoms with Crippen molar-refractivity contribution in [2.45, 2.75) is 32.2 Å². The molecule has 23 heavy (non-hydrogen) atoms. The van der Waals surface area contributed by atoms with E-state index in [1.54, 1.807) is 0 Å². The van der Waals surface area contributed by atoms with Gasteiger partial charge in [0, 0.05) is 12.1 Å². The van der Waals surface area contributed by atoms with Gasteiger partial charge in [-0.2, -0.15) is 0 Å². The van der Waals surface area contributed by atoms with Crippen molar-refractivity contribution in [2.75, 3.05) is 6.54 Å². The van der Waals surface area contributed by atoms with E-state index in [1.807, 2.05) is 6.92 Å². The van der Waals surface area contributed by atoms with Gasteiger partial charge in [-0.05, 0) is 37.0 Å². The SMILES string of the molecule is CC1CCN(C(=O)c2cccc(OC(F)(F)F)c2)C(C(=O)O)C1. The van der Waals surface area contributed by atoms with Gasteiger partial charge in [-0.3, -0.25) is 4.79 Å². The molecule has 8 heteroatoms. The minimum Gasteiger partial charge on any atom is -0.480 e. The number of amides is 1. The van der Waals surface area contributed by atoms with Gasteiger partial charge < -0.3 is 14.7 Å². The summed E-state index contributed by atoms with van der Waals surface area (Å²) >= 11 is 0. The maximum atomic E-state index is 12.5. The van der Waals surface area contributed by atoms with Gasteiger partial charge >= 0.3 is 12.3 Å². The van der Waals surface area contributed by atoms with Crippen molar-refractivity contribution in [1.82, 2.24) is 4.90 Å². The van der Waals surface area contributed by atoms with Crippen molar-refractivity contribution < 1.29 is 32.6 Å². The molecule has 0 aliphatic carbocycles. The summed E-state index contributed by atoms with van der Waals surface area (Å²) in [7, 11) is 0. The third-order valence-corrected chi connectivity index (χ3v) is 3.73. The Balaban J connectivity index is 2.22. The number of hydrogen-bond acceptors (Lipinski definition) is 3. The van der Waals surface area contributed by atoms with Crippen LogP contribution in [0.15, 0.2) is 24.3 Å². The van der Waals surface area contributed by atoms with Gasteiger partial charge in [0.25, 0.3) is 5.91 Å². The summed E-state index contributed by atoms with van der Waals surface area (Å²) in [4.78, 5) is 25.0. The summed E-state index contributed by atoms with van der Waals surface area (Å²) in [6.07, 6.45) is -3.89. The van der Waals surface area contributed by atoms with Crippen LogP contribution in [0.3, 0.4) is 0 Å². The van der Waals surface area contributed by atoms with Gasteiger partial charge in [0.15, 0.2) is 0 Å². The average Bonchev–Trinajstić information content (AvgIpc) is 2.45. The van der Waals surface area contributed by atoms with Crippen molar-refractivity contribution in [3.63, 3.8) is 0 Å². The minimum atomic E-state index is -4.86. The molecule has 0 spiro atoms. The molecule has 1 amide bonds. The van der Waals surface area contributed by atoms with E-state index in [9.17, 15) is 27.9 Å². The molecule has 0 bridgehead atoms. The summed E-state index contributed by atoms with van der Waals surface area (Å²) in [5, 5.41) is 9.26. The number of carbonyl (C=O) groups is 2. The van der Waals surface area contributed by atoms with Crippen LogP contribution in [-0.2, 0) is 4.79 Å². The second-order valence-electron chi connectivity index (χ2n) is 5.56. The number of nitrogens with zero attached hydrogens (tertiary/aromatic N) is 1. The largest absolute Gasteiger partial charge is 0.573 e. The fraction of sp³-hybridized carbons (Fsp3) is 0.467. The van der Waals surface area contributed by atoms with E-state index in [4.69, 9.17) is 0 Å². The molecule has 0 radical (unpaired) electrons. The fourth-order valence-corrected chi connectivity index (χ4v) is 2.61. The van der Waals surface area contributed by atoms with Crippen LogP contribution in [0.25, 0.3) is 0 Å². The van der Waals surface area contributed by atoms with E-state index >= 15 is 0 Å². The Labute approximate surface area is 130 Å². The number of carbonyl (C=O) groups excluding carboxylic acids is 1. The van der Waals surface area contributed by atoms with Crippen molar-refractivity contribution >= 4 is 11.9 Å². The zero-order valence-corrected chi connectivity index (χ0v) is 12.3. The normalized spacial score (nSPS) is 21.8. The second-order valence-corrected chi connectivity index (χ2v) is 5.56. The Kier molecular flexibility index (Phi) is 4.82. The standard InChI is InChI=1S/C15H16F3NO4/c1-9-5-6-19(12(7-9)14(21)22)13(20)10-3-2-4-11(8-10)23-15(16,17)18/h2-4,8-9,12H,5-7H2,1H3,(H,21,22). The van der Waals surface area contributed by atoms with Crippen LogP contribution < -0.4 is 4.74 Å². The first-order valence-electron chi connectivity index (χ1n) is 7.07. The summed E-state index contributed by atoms with van der Waals surface area (Å²) in [6.45, 7) is 2.15. The zero-order chi connectivity index (χ0) is 17.2. The number of piperidine rings is 1. The van der Waals surface area contributed by atoms with E-state index in [1.165, 1.54) is 17.0 Å². The third-order valence-electron chi connectivity index (χ3n) is 3.73. The molecule has 2 unspecified atom stereocenters. The highest BCUT2D eigenvalue weighted by molar-refractivity contribution is 5.97. The van der Waals surface area contributed by atoms with Gasteiger partial charge in [0.1, 0.15) is 11.8 Å². The molecule has 1 aromatic carbocycles. The molecular formula is C15H16F3NO4. The highest BCUT2D eigenvalue weighted by Crippen LogP contribution is 2.27. The van der Waals surface area contributed by atoms with Gasteiger partial charge in [-0.25, -0.2) is 4.79 Å². The number of carboxylic acids is 1. The molecule has 1 N–H and O–H groups in total. The summed E-state index contributed by atoms with van der Waals surface area (Å²) < 4.78 is 40.5. The van der Waals surface area contributed by atoms with Crippen molar-refractivity contribution in [3.05, 3.63) is 29.8 Å². The van der Waals surface area contributed by atoms with Crippen LogP contribution in [-0.4, -0.2) is 40.8 Å². The molecule has 1 fully saturated rings. The monoisotopic (exact) mass is 331 g/mol. The first-order valence-corrected chi connectivity index (χ1v) is 7.07. The highest BCUT2D eigenvalue weighted by atomic mass is 19.4. The lowest BCUT2D eigenvalue weighted by Crippen LogP contribution is -2.49. The van der Waals surface area contributed by atoms with Crippen molar-refractivity contribution in [3.8, 4) is 5.75 Å². The maximum absolute atomic E-state index is 12.5.